The van der Waals surface area contributed by atoms with E-state index in [1.165, 1.54) is 0 Å². The Hall–Kier alpha value is -1.81. The number of hydrogen-bond acceptors (Lipinski definition) is 2. The molecule has 2 N–H and O–H groups in total. The van der Waals surface area contributed by atoms with Crippen molar-refractivity contribution in [1.82, 2.24) is 9.55 Å². The Balaban J connectivity index is 2.28. The summed E-state index contributed by atoms with van der Waals surface area (Å²) in [6.45, 7) is 1.90. The van der Waals surface area contributed by atoms with E-state index in [1.807, 2.05) is 19.1 Å². The fraction of sp³-hybridized carbons (Fsp3) is 0.286. The van der Waals surface area contributed by atoms with Crippen LogP contribution in [0.25, 0.3) is 11.3 Å². The van der Waals surface area contributed by atoms with Crippen LogP contribution in [0.1, 0.15) is 34.9 Å². The van der Waals surface area contributed by atoms with Crippen LogP contribution in [-0.2, 0) is 0 Å². The molecule has 0 aromatic carbocycles. The Bertz CT molecular complexity index is 644. The van der Waals surface area contributed by atoms with Crippen LogP contribution in [0.2, 0.25) is 5.02 Å². The van der Waals surface area contributed by atoms with E-state index in [-0.39, 0.29) is 0 Å². The molecular weight excluding hydrogens is 262 g/mol. The van der Waals surface area contributed by atoms with Gasteiger partial charge in [-0.3, -0.25) is 9.78 Å². The van der Waals surface area contributed by atoms with E-state index in [2.05, 4.69) is 9.55 Å². The Morgan fingerprint density at radius 1 is 1.42 bits per heavy atom. The number of rotatable bonds is 3. The summed E-state index contributed by atoms with van der Waals surface area (Å²) >= 11 is 6.39. The van der Waals surface area contributed by atoms with E-state index in [0.29, 0.717) is 16.6 Å². The largest absolute Gasteiger partial charge is 0.365 e. The summed E-state index contributed by atoms with van der Waals surface area (Å²) in [5.41, 5.74) is 8.57. The second-order valence-electron chi connectivity index (χ2n) is 4.82. The molecule has 0 atom stereocenters. The summed E-state index contributed by atoms with van der Waals surface area (Å²) in [5, 5.41) is 0.447. The molecule has 98 valence electrons. The molecule has 3 rings (SSSR count). The van der Waals surface area contributed by atoms with Gasteiger partial charge in [0.1, 0.15) is 0 Å². The van der Waals surface area contributed by atoms with Crippen LogP contribution < -0.4 is 5.73 Å². The summed E-state index contributed by atoms with van der Waals surface area (Å²) in [7, 11) is 0. The number of halogens is 1. The van der Waals surface area contributed by atoms with Crippen LogP contribution in [0.5, 0.6) is 0 Å². The van der Waals surface area contributed by atoms with Crippen molar-refractivity contribution in [2.75, 3.05) is 0 Å². The summed E-state index contributed by atoms with van der Waals surface area (Å²) in [4.78, 5) is 15.6. The zero-order chi connectivity index (χ0) is 13.6. The standard InChI is InChI=1S/C14H14ClN3O/c1-8-11(14(16)19)12(15)13(18(8)10-2-3-10)9-4-6-17-7-5-9/h4-7,10H,2-3H2,1H3,(H2,16,19). The normalized spacial score (nSPS) is 14.6. The van der Waals surface area contributed by atoms with Crippen LogP contribution in [0, 0.1) is 6.92 Å². The SMILES string of the molecule is Cc1c(C(N)=O)c(Cl)c(-c2ccncc2)n1C1CC1. The summed E-state index contributed by atoms with van der Waals surface area (Å²) < 4.78 is 2.14. The van der Waals surface area contributed by atoms with Crippen LogP contribution in [0.15, 0.2) is 24.5 Å². The summed E-state index contributed by atoms with van der Waals surface area (Å²) in [5.74, 6) is -0.475. The van der Waals surface area contributed by atoms with Gasteiger partial charge in [0, 0.05) is 29.7 Å². The maximum absolute atomic E-state index is 11.6. The fourth-order valence-corrected chi connectivity index (χ4v) is 2.95. The molecule has 5 heteroatoms. The van der Waals surface area contributed by atoms with Crippen LogP contribution in [0.4, 0.5) is 0 Å². The first kappa shape index (κ1) is 12.2. The van der Waals surface area contributed by atoms with Crippen LogP contribution in [0.3, 0.4) is 0 Å². The lowest BCUT2D eigenvalue weighted by atomic mass is 10.1. The first-order valence-corrected chi connectivity index (χ1v) is 6.59. The lowest BCUT2D eigenvalue weighted by Gasteiger charge is -2.10. The second kappa shape index (κ2) is 4.38. The third-order valence-corrected chi connectivity index (χ3v) is 3.87. The number of aromatic nitrogens is 2. The van der Waals surface area contributed by atoms with Gasteiger partial charge in [-0.1, -0.05) is 11.6 Å². The molecule has 4 nitrogen and oxygen atoms in total. The van der Waals surface area contributed by atoms with E-state index in [0.717, 1.165) is 29.8 Å². The summed E-state index contributed by atoms with van der Waals surface area (Å²) in [6.07, 6.45) is 5.66. The van der Waals surface area contributed by atoms with Crippen molar-refractivity contribution >= 4 is 17.5 Å². The average molecular weight is 276 g/mol. The quantitative estimate of drug-likeness (QED) is 0.936. The fourth-order valence-electron chi connectivity index (χ4n) is 2.52. The van der Waals surface area contributed by atoms with E-state index in [9.17, 15) is 4.79 Å². The molecule has 2 aromatic heterocycles. The van der Waals surface area contributed by atoms with Crippen LogP contribution >= 0.6 is 11.6 Å². The Kier molecular flexibility index (Phi) is 2.82. The van der Waals surface area contributed by atoms with E-state index < -0.39 is 5.91 Å². The highest BCUT2D eigenvalue weighted by Crippen LogP contribution is 2.45. The number of hydrogen-bond donors (Lipinski definition) is 1. The zero-order valence-corrected chi connectivity index (χ0v) is 11.3. The maximum Gasteiger partial charge on any atom is 0.252 e. The van der Waals surface area contributed by atoms with Crippen molar-refractivity contribution < 1.29 is 4.79 Å². The van der Waals surface area contributed by atoms with Gasteiger partial charge in [0.25, 0.3) is 5.91 Å². The third-order valence-electron chi connectivity index (χ3n) is 3.50. The van der Waals surface area contributed by atoms with Gasteiger partial charge in [0.15, 0.2) is 0 Å². The molecular formula is C14H14ClN3O. The van der Waals surface area contributed by atoms with Gasteiger partial charge in [-0.2, -0.15) is 0 Å². The minimum Gasteiger partial charge on any atom is -0.365 e. The van der Waals surface area contributed by atoms with Gasteiger partial charge < -0.3 is 10.3 Å². The lowest BCUT2D eigenvalue weighted by molar-refractivity contribution is 0.1000. The molecule has 1 aliphatic rings. The Labute approximate surface area is 116 Å². The Morgan fingerprint density at radius 2 is 2.05 bits per heavy atom. The zero-order valence-electron chi connectivity index (χ0n) is 10.6. The van der Waals surface area contributed by atoms with Gasteiger partial charge in [0.05, 0.1) is 16.3 Å². The van der Waals surface area contributed by atoms with Gasteiger partial charge in [-0.25, -0.2) is 0 Å². The highest BCUT2D eigenvalue weighted by Gasteiger charge is 2.32. The van der Waals surface area contributed by atoms with Gasteiger partial charge in [-0.05, 0) is 31.9 Å². The summed E-state index contributed by atoms with van der Waals surface area (Å²) in [6, 6.07) is 4.21. The van der Waals surface area contributed by atoms with Gasteiger partial charge in [-0.15, -0.1) is 0 Å². The monoisotopic (exact) mass is 275 g/mol. The number of carbonyl (C=O) groups excluding carboxylic acids is 1. The number of primary amides is 1. The molecule has 1 aliphatic carbocycles. The molecule has 1 fully saturated rings. The van der Waals surface area contributed by atoms with Crippen LogP contribution in [-0.4, -0.2) is 15.5 Å². The molecule has 0 bridgehead atoms. The molecule has 0 spiro atoms. The van der Waals surface area contributed by atoms with Crippen molar-refractivity contribution in [2.45, 2.75) is 25.8 Å². The minimum atomic E-state index is -0.475. The molecule has 19 heavy (non-hydrogen) atoms. The van der Waals surface area contributed by atoms with Crippen molar-refractivity contribution in [3.05, 3.63) is 40.8 Å². The smallest absolute Gasteiger partial charge is 0.252 e. The number of carbonyl (C=O) groups is 1. The predicted molar refractivity (Wildman–Crippen MR) is 74.2 cm³/mol. The second-order valence-corrected chi connectivity index (χ2v) is 5.20. The number of pyridine rings is 1. The van der Waals surface area contributed by atoms with Crippen molar-refractivity contribution in [2.24, 2.45) is 5.73 Å². The van der Waals surface area contributed by atoms with Gasteiger partial charge >= 0.3 is 0 Å². The average Bonchev–Trinajstić information content (AvgIpc) is 3.16. The highest BCUT2D eigenvalue weighted by molar-refractivity contribution is 6.36. The van der Waals surface area contributed by atoms with E-state index in [4.69, 9.17) is 17.3 Å². The first-order chi connectivity index (χ1) is 9.11. The molecule has 1 saturated carbocycles. The molecule has 0 aliphatic heterocycles. The number of nitrogens with two attached hydrogens (primary N) is 1. The van der Waals surface area contributed by atoms with Gasteiger partial charge in [0.2, 0.25) is 0 Å². The lowest BCUT2D eigenvalue weighted by Crippen LogP contribution is -2.12. The Morgan fingerprint density at radius 3 is 2.58 bits per heavy atom. The molecule has 2 aromatic rings. The first-order valence-electron chi connectivity index (χ1n) is 6.21. The van der Waals surface area contributed by atoms with E-state index in [1.54, 1.807) is 12.4 Å². The molecule has 0 saturated heterocycles. The molecule has 2 heterocycles. The maximum atomic E-state index is 11.6. The highest BCUT2D eigenvalue weighted by atomic mass is 35.5. The van der Waals surface area contributed by atoms with Crippen molar-refractivity contribution in [3.8, 4) is 11.3 Å². The van der Waals surface area contributed by atoms with E-state index >= 15 is 0 Å². The predicted octanol–water partition coefficient (Wildman–Crippen LogP) is 2.95. The van der Waals surface area contributed by atoms with Crippen molar-refractivity contribution in [1.29, 1.82) is 0 Å². The number of nitrogens with zero attached hydrogens (tertiary/aromatic N) is 2. The molecule has 1 amide bonds. The molecule has 0 unspecified atom stereocenters. The minimum absolute atomic E-state index is 0.425. The third kappa shape index (κ3) is 1.92. The number of amides is 1. The topological polar surface area (TPSA) is 60.9 Å². The van der Waals surface area contributed by atoms with Crippen molar-refractivity contribution in [3.63, 3.8) is 0 Å². The molecule has 0 radical (unpaired) electrons.